The van der Waals surface area contributed by atoms with Gasteiger partial charge in [-0.05, 0) is 42.3 Å². The molecule has 1 amide bonds. The molecule has 126 valence electrons. The summed E-state index contributed by atoms with van der Waals surface area (Å²) >= 11 is 11.7. The van der Waals surface area contributed by atoms with Crippen LogP contribution >= 0.6 is 23.2 Å². The van der Waals surface area contributed by atoms with Gasteiger partial charge in [0.25, 0.3) is 5.91 Å². The van der Waals surface area contributed by atoms with Gasteiger partial charge in [-0.15, -0.1) is 0 Å². The highest BCUT2D eigenvalue weighted by atomic mass is 35.5. The van der Waals surface area contributed by atoms with E-state index in [2.05, 4.69) is 5.32 Å². The third kappa shape index (κ3) is 5.87. The van der Waals surface area contributed by atoms with Crippen LogP contribution in [0.25, 0.3) is 0 Å². The number of carbonyl (C=O) groups excluding carboxylic acids is 2. The van der Waals surface area contributed by atoms with Crippen molar-refractivity contribution in [2.24, 2.45) is 0 Å². The highest BCUT2D eigenvalue weighted by Gasteiger charge is 2.12. The van der Waals surface area contributed by atoms with E-state index in [0.29, 0.717) is 10.0 Å². The second-order valence-corrected chi connectivity index (χ2v) is 6.18. The average Bonchev–Trinajstić information content (AvgIpc) is 2.55. The average molecular weight is 366 g/mol. The lowest BCUT2D eigenvalue weighted by Gasteiger charge is -2.14. The molecule has 0 aromatic heterocycles. The molecule has 6 heteroatoms. The SMILES string of the molecule is C[C@H](NC(=O)COC(=O)Cc1ccc(Cl)cc1)c1cccc(Cl)c1. The predicted molar refractivity (Wildman–Crippen MR) is 94.1 cm³/mol. The molecule has 0 bridgehead atoms. The van der Waals surface area contributed by atoms with Crippen LogP contribution in [0.2, 0.25) is 10.0 Å². The van der Waals surface area contributed by atoms with E-state index in [0.717, 1.165) is 11.1 Å². The summed E-state index contributed by atoms with van der Waals surface area (Å²) in [4.78, 5) is 23.6. The topological polar surface area (TPSA) is 55.4 Å². The summed E-state index contributed by atoms with van der Waals surface area (Å²) in [6, 6.07) is 13.9. The molecule has 0 saturated heterocycles. The molecule has 0 spiro atoms. The van der Waals surface area contributed by atoms with E-state index in [1.165, 1.54) is 0 Å². The molecule has 0 aliphatic rings. The van der Waals surface area contributed by atoms with Crippen LogP contribution in [0.1, 0.15) is 24.1 Å². The molecule has 1 atom stereocenters. The molecule has 2 aromatic carbocycles. The van der Waals surface area contributed by atoms with Gasteiger partial charge >= 0.3 is 5.97 Å². The maximum Gasteiger partial charge on any atom is 0.310 e. The van der Waals surface area contributed by atoms with Gasteiger partial charge in [0.1, 0.15) is 0 Å². The maximum atomic E-state index is 11.9. The molecule has 24 heavy (non-hydrogen) atoms. The Kier molecular flexibility index (Phi) is 6.64. The summed E-state index contributed by atoms with van der Waals surface area (Å²) in [7, 11) is 0. The fourth-order valence-corrected chi connectivity index (χ4v) is 2.43. The first-order valence-electron chi connectivity index (χ1n) is 7.39. The molecular formula is C18H17Cl2NO3. The zero-order chi connectivity index (χ0) is 17.5. The number of ether oxygens (including phenoxy) is 1. The Morgan fingerprint density at radius 2 is 1.79 bits per heavy atom. The van der Waals surface area contributed by atoms with Crippen molar-refractivity contribution in [3.05, 3.63) is 69.7 Å². The number of halogens is 2. The second kappa shape index (κ2) is 8.71. The normalized spacial score (nSPS) is 11.6. The van der Waals surface area contributed by atoms with E-state index in [4.69, 9.17) is 27.9 Å². The van der Waals surface area contributed by atoms with Crippen molar-refractivity contribution in [1.29, 1.82) is 0 Å². The van der Waals surface area contributed by atoms with Crippen molar-refractivity contribution in [3.8, 4) is 0 Å². The molecule has 2 rings (SSSR count). The summed E-state index contributed by atoms with van der Waals surface area (Å²) in [5.74, 6) is -0.838. The largest absolute Gasteiger partial charge is 0.455 e. The Labute approximate surface area is 150 Å². The van der Waals surface area contributed by atoms with Crippen molar-refractivity contribution in [2.45, 2.75) is 19.4 Å². The van der Waals surface area contributed by atoms with E-state index in [-0.39, 0.29) is 25.0 Å². The van der Waals surface area contributed by atoms with Gasteiger partial charge < -0.3 is 10.1 Å². The van der Waals surface area contributed by atoms with Gasteiger partial charge in [0.2, 0.25) is 0 Å². The Bertz CT molecular complexity index is 716. The third-order valence-electron chi connectivity index (χ3n) is 3.35. The first-order chi connectivity index (χ1) is 11.4. The van der Waals surface area contributed by atoms with Crippen LogP contribution in [0.15, 0.2) is 48.5 Å². The standard InChI is InChI=1S/C18H17Cl2NO3/c1-12(14-3-2-4-16(20)10-14)21-17(22)11-24-18(23)9-13-5-7-15(19)8-6-13/h2-8,10,12H,9,11H2,1H3,(H,21,22)/t12-/m0/s1. The van der Waals surface area contributed by atoms with E-state index in [1.807, 2.05) is 19.1 Å². The van der Waals surface area contributed by atoms with Crippen molar-refractivity contribution in [2.75, 3.05) is 6.61 Å². The van der Waals surface area contributed by atoms with E-state index in [9.17, 15) is 9.59 Å². The predicted octanol–water partition coefficient (Wildman–Crippen LogP) is 3.96. The summed E-state index contributed by atoms with van der Waals surface area (Å²) in [5, 5.41) is 3.96. The molecule has 0 aliphatic heterocycles. The van der Waals surface area contributed by atoms with E-state index in [1.54, 1.807) is 36.4 Å². The molecular weight excluding hydrogens is 349 g/mol. The van der Waals surface area contributed by atoms with Crippen LogP contribution in [0.3, 0.4) is 0 Å². The number of esters is 1. The van der Waals surface area contributed by atoms with Gasteiger partial charge in [-0.25, -0.2) is 0 Å². The van der Waals surface area contributed by atoms with E-state index >= 15 is 0 Å². The minimum absolute atomic E-state index is 0.0916. The number of carbonyl (C=O) groups is 2. The summed E-state index contributed by atoms with van der Waals surface area (Å²) < 4.78 is 4.99. The Hall–Kier alpha value is -2.04. The molecule has 1 N–H and O–H groups in total. The van der Waals surface area contributed by atoms with Crippen molar-refractivity contribution >= 4 is 35.1 Å². The molecule has 0 unspecified atom stereocenters. The van der Waals surface area contributed by atoms with Crippen molar-refractivity contribution in [1.82, 2.24) is 5.32 Å². The number of nitrogens with one attached hydrogen (secondary N) is 1. The molecule has 0 radical (unpaired) electrons. The van der Waals surface area contributed by atoms with Crippen molar-refractivity contribution < 1.29 is 14.3 Å². The zero-order valence-electron chi connectivity index (χ0n) is 13.1. The highest BCUT2D eigenvalue weighted by molar-refractivity contribution is 6.30. The third-order valence-corrected chi connectivity index (χ3v) is 3.84. The minimum Gasteiger partial charge on any atom is -0.455 e. The summed E-state index contributed by atoms with van der Waals surface area (Å²) in [6.45, 7) is 1.51. The quantitative estimate of drug-likeness (QED) is 0.788. The van der Waals surface area contributed by atoms with Crippen LogP contribution in [-0.2, 0) is 20.7 Å². The van der Waals surface area contributed by atoms with Gasteiger partial charge in [0, 0.05) is 10.0 Å². The lowest BCUT2D eigenvalue weighted by molar-refractivity contribution is -0.148. The van der Waals surface area contributed by atoms with E-state index < -0.39 is 5.97 Å². The number of hydrogen-bond donors (Lipinski definition) is 1. The summed E-state index contributed by atoms with van der Waals surface area (Å²) in [6.07, 6.45) is 0.0916. The first kappa shape index (κ1) is 18.3. The number of amides is 1. The first-order valence-corrected chi connectivity index (χ1v) is 8.14. The molecule has 4 nitrogen and oxygen atoms in total. The molecule has 0 aliphatic carbocycles. The van der Waals surface area contributed by atoms with Crippen LogP contribution in [0.5, 0.6) is 0 Å². The Balaban J connectivity index is 1.78. The molecule has 0 fully saturated rings. The number of hydrogen-bond acceptors (Lipinski definition) is 3. The van der Waals surface area contributed by atoms with Crippen LogP contribution in [0, 0.1) is 0 Å². The van der Waals surface area contributed by atoms with Crippen LogP contribution < -0.4 is 5.32 Å². The Morgan fingerprint density at radius 3 is 2.46 bits per heavy atom. The lowest BCUT2D eigenvalue weighted by Crippen LogP contribution is -2.31. The fraction of sp³-hybridized carbons (Fsp3) is 0.222. The monoisotopic (exact) mass is 365 g/mol. The highest BCUT2D eigenvalue weighted by Crippen LogP contribution is 2.17. The zero-order valence-corrected chi connectivity index (χ0v) is 14.6. The van der Waals surface area contributed by atoms with Crippen molar-refractivity contribution in [3.63, 3.8) is 0 Å². The fourth-order valence-electron chi connectivity index (χ4n) is 2.11. The number of rotatable bonds is 6. The lowest BCUT2D eigenvalue weighted by atomic mass is 10.1. The van der Waals surface area contributed by atoms with Gasteiger partial charge in [0.05, 0.1) is 12.5 Å². The molecule has 0 heterocycles. The van der Waals surface area contributed by atoms with Gasteiger partial charge in [-0.2, -0.15) is 0 Å². The van der Waals surface area contributed by atoms with Crippen LogP contribution in [0.4, 0.5) is 0 Å². The minimum atomic E-state index is -0.470. The Morgan fingerprint density at radius 1 is 1.08 bits per heavy atom. The maximum absolute atomic E-state index is 11.9. The van der Waals surface area contributed by atoms with Gasteiger partial charge in [0.15, 0.2) is 6.61 Å². The number of benzene rings is 2. The van der Waals surface area contributed by atoms with Crippen LogP contribution in [-0.4, -0.2) is 18.5 Å². The molecule has 0 saturated carbocycles. The van der Waals surface area contributed by atoms with Gasteiger partial charge in [-0.3, -0.25) is 9.59 Å². The molecule has 2 aromatic rings. The van der Waals surface area contributed by atoms with Gasteiger partial charge in [-0.1, -0.05) is 47.5 Å². The summed E-state index contributed by atoms with van der Waals surface area (Å²) in [5.41, 5.74) is 1.65. The smallest absolute Gasteiger partial charge is 0.310 e. The second-order valence-electron chi connectivity index (χ2n) is 5.31.